The van der Waals surface area contributed by atoms with E-state index in [9.17, 15) is 4.79 Å². The molecule has 2 aromatic rings. The minimum Gasteiger partial charge on any atom is -0.478 e. The lowest BCUT2D eigenvalue weighted by atomic mass is 10.0. The summed E-state index contributed by atoms with van der Waals surface area (Å²) >= 11 is 5.94. The fraction of sp³-hybridized carbons (Fsp3) is 0.0769. The van der Waals surface area contributed by atoms with E-state index in [0.29, 0.717) is 10.6 Å². The maximum atomic E-state index is 11.0. The number of hydrogen-bond acceptors (Lipinski definition) is 3. The maximum absolute atomic E-state index is 11.0. The number of rotatable bonds is 2. The first-order chi connectivity index (χ1) is 8.49. The van der Waals surface area contributed by atoms with Crippen molar-refractivity contribution in [3.63, 3.8) is 0 Å². The third-order valence-corrected chi connectivity index (χ3v) is 2.89. The molecule has 0 amide bonds. The SMILES string of the molecule is Cc1ccc(Cl)cc1-c1cnc(N)c(C(=O)O)c1. The Kier molecular flexibility index (Phi) is 3.21. The summed E-state index contributed by atoms with van der Waals surface area (Å²) in [4.78, 5) is 14.9. The van der Waals surface area contributed by atoms with E-state index in [0.717, 1.165) is 11.1 Å². The monoisotopic (exact) mass is 262 g/mol. The average Bonchev–Trinajstić information content (AvgIpc) is 2.33. The number of aromatic carboxylic acids is 1. The lowest BCUT2D eigenvalue weighted by Crippen LogP contribution is -2.04. The van der Waals surface area contributed by atoms with Crippen LogP contribution in [-0.2, 0) is 0 Å². The van der Waals surface area contributed by atoms with Gasteiger partial charge in [-0.15, -0.1) is 0 Å². The van der Waals surface area contributed by atoms with Crippen LogP contribution < -0.4 is 5.73 Å². The topological polar surface area (TPSA) is 76.2 Å². The number of aromatic nitrogens is 1. The molecule has 0 aliphatic carbocycles. The highest BCUT2D eigenvalue weighted by molar-refractivity contribution is 6.30. The van der Waals surface area contributed by atoms with Gasteiger partial charge < -0.3 is 10.8 Å². The molecule has 0 fully saturated rings. The Morgan fingerprint density at radius 2 is 2.11 bits per heavy atom. The van der Waals surface area contributed by atoms with Crippen LogP contribution in [-0.4, -0.2) is 16.1 Å². The van der Waals surface area contributed by atoms with Crippen molar-refractivity contribution in [1.29, 1.82) is 0 Å². The van der Waals surface area contributed by atoms with E-state index in [1.165, 1.54) is 6.07 Å². The van der Waals surface area contributed by atoms with Crippen molar-refractivity contribution >= 4 is 23.4 Å². The minimum absolute atomic E-state index is 0.00549. The van der Waals surface area contributed by atoms with Gasteiger partial charge >= 0.3 is 5.97 Å². The molecule has 1 aromatic carbocycles. The van der Waals surface area contributed by atoms with Crippen LogP contribution >= 0.6 is 11.6 Å². The molecule has 0 atom stereocenters. The van der Waals surface area contributed by atoms with Crippen molar-refractivity contribution in [3.05, 3.63) is 46.6 Å². The summed E-state index contributed by atoms with van der Waals surface area (Å²) in [5.41, 5.74) is 8.03. The van der Waals surface area contributed by atoms with Gasteiger partial charge in [-0.2, -0.15) is 0 Å². The standard InChI is InChI=1S/C13H11ClN2O2/c1-7-2-3-9(14)5-10(7)8-4-11(13(17)18)12(15)16-6-8/h2-6H,1H3,(H2,15,16)(H,17,18). The van der Waals surface area contributed by atoms with E-state index in [4.69, 9.17) is 22.4 Å². The summed E-state index contributed by atoms with van der Waals surface area (Å²) in [6, 6.07) is 6.93. The molecule has 0 spiro atoms. The average molecular weight is 263 g/mol. The van der Waals surface area contributed by atoms with Crippen LogP contribution in [0.4, 0.5) is 5.82 Å². The summed E-state index contributed by atoms with van der Waals surface area (Å²) in [5, 5.41) is 9.60. The second-order valence-electron chi connectivity index (χ2n) is 3.92. The van der Waals surface area contributed by atoms with Crippen LogP contribution in [0.2, 0.25) is 5.02 Å². The number of halogens is 1. The van der Waals surface area contributed by atoms with Gasteiger partial charge in [0.1, 0.15) is 11.4 Å². The van der Waals surface area contributed by atoms with Gasteiger partial charge in [0.25, 0.3) is 0 Å². The van der Waals surface area contributed by atoms with Gasteiger partial charge in [-0.25, -0.2) is 9.78 Å². The number of carbonyl (C=O) groups is 1. The lowest BCUT2D eigenvalue weighted by Gasteiger charge is -2.08. The normalized spacial score (nSPS) is 10.3. The largest absolute Gasteiger partial charge is 0.478 e. The Labute approximate surface area is 109 Å². The summed E-state index contributed by atoms with van der Waals surface area (Å²) in [5.74, 6) is -1.09. The lowest BCUT2D eigenvalue weighted by molar-refractivity contribution is 0.0697. The number of nitrogens with zero attached hydrogens (tertiary/aromatic N) is 1. The molecule has 0 bridgehead atoms. The molecule has 0 unspecified atom stereocenters. The molecule has 0 radical (unpaired) electrons. The van der Waals surface area contributed by atoms with E-state index in [-0.39, 0.29) is 11.4 Å². The van der Waals surface area contributed by atoms with E-state index in [2.05, 4.69) is 4.98 Å². The first-order valence-electron chi connectivity index (χ1n) is 5.24. The van der Waals surface area contributed by atoms with Crippen LogP contribution in [0.25, 0.3) is 11.1 Å². The number of anilines is 1. The highest BCUT2D eigenvalue weighted by Crippen LogP contribution is 2.27. The number of carboxylic acids is 1. The van der Waals surface area contributed by atoms with Crippen LogP contribution in [0.5, 0.6) is 0 Å². The zero-order chi connectivity index (χ0) is 13.3. The van der Waals surface area contributed by atoms with E-state index in [1.807, 2.05) is 13.0 Å². The van der Waals surface area contributed by atoms with Crippen molar-refractivity contribution in [2.45, 2.75) is 6.92 Å². The number of pyridine rings is 1. The van der Waals surface area contributed by atoms with Gasteiger partial charge in [-0.3, -0.25) is 0 Å². The van der Waals surface area contributed by atoms with Crippen molar-refractivity contribution in [1.82, 2.24) is 4.98 Å². The Morgan fingerprint density at radius 1 is 1.39 bits per heavy atom. The predicted molar refractivity (Wildman–Crippen MR) is 70.8 cm³/mol. The Balaban J connectivity index is 2.61. The summed E-state index contributed by atoms with van der Waals surface area (Å²) in [7, 11) is 0. The summed E-state index contributed by atoms with van der Waals surface area (Å²) in [6.07, 6.45) is 1.54. The molecular weight excluding hydrogens is 252 g/mol. The molecule has 0 aliphatic rings. The number of hydrogen-bond donors (Lipinski definition) is 2. The summed E-state index contributed by atoms with van der Waals surface area (Å²) < 4.78 is 0. The zero-order valence-electron chi connectivity index (χ0n) is 9.64. The highest BCUT2D eigenvalue weighted by Gasteiger charge is 2.12. The number of nitrogen functional groups attached to an aromatic ring is 1. The fourth-order valence-electron chi connectivity index (χ4n) is 1.70. The van der Waals surface area contributed by atoms with Crippen LogP contribution in [0, 0.1) is 6.92 Å². The molecule has 0 saturated heterocycles. The van der Waals surface area contributed by atoms with E-state index >= 15 is 0 Å². The second kappa shape index (κ2) is 4.66. The first kappa shape index (κ1) is 12.4. The highest BCUT2D eigenvalue weighted by atomic mass is 35.5. The third kappa shape index (κ3) is 2.28. The molecule has 3 N–H and O–H groups in total. The Bertz CT molecular complexity index is 626. The van der Waals surface area contributed by atoms with Gasteiger partial charge in [-0.05, 0) is 36.2 Å². The van der Waals surface area contributed by atoms with E-state index < -0.39 is 5.97 Å². The van der Waals surface area contributed by atoms with Gasteiger partial charge in [0.05, 0.1) is 0 Å². The first-order valence-corrected chi connectivity index (χ1v) is 5.62. The van der Waals surface area contributed by atoms with Crippen LogP contribution in [0.3, 0.4) is 0 Å². The minimum atomic E-state index is -1.10. The predicted octanol–water partition coefficient (Wildman–Crippen LogP) is 2.99. The summed E-state index contributed by atoms with van der Waals surface area (Å²) in [6.45, 7) is 1.92. The van der Waals surface area contributed by atoms with Crippen molar-refractivity contribution in [3.8, 4) is 11.1 Å². The Morgan fingerprint density at radius 3 is 2.78 bits per heavy atom. The molecule has 92 valence electrons. The number of benzene rings is 1. The number of carboxylic acid groups (broad SMARTS) is 1. The second-order valence-corrected chi connectivity index (χ2v) is 4.36. The molecule has 1 heterocycles. The maximum Gasteiger partial charge on any atom is 0.339 e. The van der Waals surface area contributed by atoms with Gasteiger partial charge in [0, 0.05) is 16.8 Å². The number of nitrogens with two attached hydrogens (primary N) is 1. The van der Waals surface area contributed by atoms with Crippen LogP contribution in [0.1, 0.15) is 15.9 Å². The van der Waals surface area contributed by atoms with Crippen molar-refractivity contribution in [2.75, 3.05) is 5.73 Å². The van der Waals surface area contributed by atoms with Gasteiger partial charge in [0.2, 0.25) is 0 Å². The van der Waals surface area contributed by atoms with Crippen molar-refractivity contribution in [2.24, 2.45) is 0 Å². The molecule has 18 heavy (non-hydrogen) atoms. The molecule has 0 aliphatic heterocycles. The number of aryl methyl sites for hydroxylation is 1. The van der Waals surface area contributed by atoms with Crippen molar-refractivity contribution < 1.29 is 9.90 Å². The quantitative estimate of drug-likeness (QED) is 0.872. The molecular formula is C13H11ClN2O2. The molecule has 1 aromatic heterocycles. The van der Waals surface area contributed by atoms with Crippen LogP contribution in [0.15, 0.2) is 30.5 Å². The molecule has 0 saturated carbocycles. The Hall–Kier alpha value is -2.07. The third-order valence-electron chi connectivity index (χ3n) is 2.66. The smallest absolute Gasteiger partial charge is 0.339 e. The zero-order valence-corrected chi connectivity index (χ0v) is 10.4. The van der Waals surface area contributed by atoms with Gasteiger partial charge in [0.15, 0.2) is 0 Å². The van der Waals surface area contributed by atoms with E-state index in [1.54, 1.807) is 18.3 Å². The molecule has 2 rings (SSSR count). The fourth-order valence-corrected chi connectivity index (χ4v) is 1.87. The molecule has 4 nitrogen and oxygen atoms in total. The molecule has 5 heteroatoms. The van der Waals surface area contributed by atoms with Gasteiger partial charge in [-0.1, -0.05) is 17.7 Å².